The Morgan fingerprint density at radius 2 is 0.980 bits per heavy atom. The molecular formula is C40H30N8O2. The minimum absolute atomic E-state index is 0.429. The van der Waals surface area contributed by atoms with Gasteiger partial charge in [0.05, 0.1) is 33.2 Å². The van der Waals surface area contributed by atoms with Gasteiger partial charge in [0, 0.05) is 34.9 Å². The molecule has 0 fully saturated rings. The Balaban J connectivity index is 0.990. The summed E-state index contributed by atoms with van der Waals surface area (Å²) in [5.41, 5.74) is 10.0. The number of hydrogen-bond donors (Lipinski definition) is 4. The number of aromatic nitrogens is 4. The summed E-state index contributed by atoms with van der Waals surface area (Å²) >= 11 is 0. The van der Waals surface area contributed by atoms with Crippen LogP contribution in [0, 0.1) is 22.7 Å². The highest BCUT2D eigenvalue weighted by Gasteiger charge is 2.32. The molecule has 4 heterocycles. The van der Waals surface area contributed by atoms with Crippen molar-refractivity contribution in [3.05, 3.63) is 143 Å². The van der Waals surface area contributed by atoms with E-state index in [2.05, 4.69) is 32.7 Å². The lowest BCUT2D eigenvalue weighted by molar-refractivity contribution is 0.145. The molecule has 4 N–H and O–H groups in total. The van der Waals surface area contributed by atoms with Crippen LogP contribution in [-0.4, -0.2) is 29.3 Å². The molecule has 0 spiro atoms. The van der Waals surface area contributed by atoms with Crippen molar-refractivity contribution in [2.75, 3.05) is 10.6 Å². The van der Waals surface area contributed by atoms with Gasteiger partial charge in [0.2, 0.25) is 0 Å². The highest BCUT2D eigenvalue weighted by atomic mass is 16.3. The average Bonchev–Trinajstić information content (AvgIpc) is 3.72. The zero-order valence-corrected chi connectivity index (χ0v) is 27.1. The molecule has 2 aliphatic rings. The van der Waals surface area contributed by atoms with Crippen LogP contribution in [0.4, 0.5) is 11.4 Å². The van der Waals surface area contributed by atoms with Crippen LogP contribution in [0.2, 0.25) is 0 Å². The molecule has 2 aromatic heterocycles. The first-order valence-electron chi connectivity index (χ1n) is 16.0. The zero-order valence-electron chi connectivity index (χ0n) is 27.1. The third kappa shape index (κ3) is 4.87. The van der Waals surface area contributed by atoms with Gasteiger partial charge >= 0.3 is 0 Å². The van der Waals surface area contributed by atoms with E-state index in [1.165, 1.54) is 0 Å². The van der Waals surface area contributed by atoms with Gasteiger partial charge in [-0.25, -0.2) is 9.97 Å². The van der Waals surface area contributed by atoms with Gasteiger partial charge in [0.25, 0.3) is 0 Å². The molecule has 2 atom stereocenters. The standard InChI is InChI=1S/C40H30N8O2/c1-23-29(19-41)37-45-33-7-3-5-9-35(33)47(37)39(49)31(23)21-43-27-15-11-25(12-16-27)26-13-17-28(18-14-26)44-22-32-24(2)30(20-42)38-46-34-8-4-6-10-36(34)48(38)40(32)50/h3-18,21-22,39-40,43-44,49-50H,1-2H3/b31-21-,32-22-/t39-,40-/m0/s1. The predicted octanol–water partition coefficient (Wildman–Crippen LogP) is 7.65. The number of allylic oxidation sites excluding steroid dienone is 2. The Morgan fingerprint density at radius 1 is 0.600 bits per heavy atom. The van der Waals surface area contributed by atoms with Crippen molar-refractivity contribution in [2.45, 2.75) is 26.3 Å². The van der Waals surface area contributed by atoms with E-state index in [-0.39, 0.29) is 0 Å². The summed E-state index contributed by atoms with van der Waals surface area (Å²) in [7, 11) is 0. The molecule has 0 saturated carbocycles. The van der Waals surface area contributed by atoms with Crippen LogP contribution in [0.25, 0.3) is 44.3 Å². The van der Waals surface area contributed by atoms with Crippen molar-refractivity contribution in [1.29, 1.82) is 10.5 Å². The van der Waals surface area contributed by atoms with Crippen molar-refractivity contribution >= 4 is 44.6 Å². The summed E-state index contributed by atoms with van der Waals surface area (Å²) in [4.78, 5) is 9.21. The number of benzene rings is 4. The maximum absolute atomic E-state index is 11.3. The summed E-state index contributed by atoms with van der Waals surface area (Å²) in [6, 6.07) is 35.5. The van der Waals surface area contributed by atoms with Crippen LogP contribution in [0.5, 0.6) is 0 Å². The summed E-state index contributed by atoms with van der Waals surface area (Å²) in [6.45, 7) is 3.65. The van der Waals surface area contributed by atoms with Gasteiger partial charge in [-0.1, -0.05) is 48.5 Å². The molecule has 6 aromatic rings. The van der Waals surface area contributed by atoms with Gasteiger partial charge in [-0.3, -0.25) is 9.13 Å². The molecule has 0 saturated heterocycles. The molecule has 8 rings (SSSR count). The molecule has 4 aromatic carbocycles. The molecule has 242 valence electrons. The fourth-order valence-electron chi connectivity index (χ4n) is 6.70. The van der Waals surface area contributed by atoms with Crippen LogP contribution in [0.15, 0.2) is 132 Å². The largest absolute Gasteiger partial charge is 0.369 e. The van der Waals surface area contributed by atoms with Crippen molar-refractivity contribution in [2.24, 2.45) is 0 Å². The number of hydrogen-bond acceptors (Lipinski definition) is 8. The van der Waals surface area contributed by atoms with Crippen LogP contribution in [0.3, 0.4) is 0 Å². The number of anilines is 2. The molecular weight excluding hydrogens is 624 g/mol. The first-order chi connectivity index (χ1) is 24.4. The Bertz CT molecular complexity index is 2370. The highest BCUT2D eigenvalue weighted by Crippen LogP contribution is 2.40. The van der Waals surface area contributed by atoms with E-state index in [9.17, 15) is 20.7 Å². The summed E-state index contributed by atoms with van der Waals surface area (Å²) < 4.78 is 3.39. The van der Waals surface area contributed by atoms with Crippen LogP contribution < -0.4 is 10.6 Å². The van der Waals surface area contributed by atoms with Gasteiger partial charge < -0.3 is 20.8 Å². The van der Waals surface area contributed by atoms with Crippen LogP contribution in [0.1, 0.15) is 38.0 Å². The quantitative estimate of drug-likeness (QED) is 0.148. The lowest BCUT2D eigenvalue weighted by atomic mass is 9.97. The molecule has 0 aliphatic carbocycles. The van der Waals surface area contributed by atoms with Crippen molar-refractivity contribution in [3.63, 3.8) is 0 Å². The predicted molar refractivity (Wildman–Crippen MR) is 194 cm³/mol. The molecule has 0 unspecified atom stereocenters. The van der Waals surface area contributed by atoms with Crippen molar-refractivity contribution in [3.8, 4) is 23.3 Å². The number of imidazole rings is 2. The first kappa shape index (κ1) is 30.6. The monoisotopic (exact) mass is 654 g/mol. The molecule has 10 nitrogen and oxygen atoms in total. The van der Waals surface area contributed by atoms with Crippen molar-refractivity contribution in [1.82, 2.24) is 19.1 Å². The number of aliphatic hydroxyl groups excluding tert-OH is 2. The van der Waals surface area contributed by atoms with E-state index in [4.69, 9.17) is 0 Å². The highest BCUT2D eigenvalue weighted by molar-refractivity contribution is 5.89. The fraction of sp³-hybridized carbons (Fsp3) is 0.100. The number of nitrogens with one attached hydrogen (secondary N) is 2. The van der Waals surface area contributed by atoms with E-state index in [0.29, 0.717) is 45.1 Å². The fourth-order valence-corrected chi connectivity index (χ4v) is 6.70. The maximum atomic E-state index is 11.3. The van der Waals surface area contributed by atoms with Crippen LogP contribution in [-0.2, 0) is 0 Å². The second-order valence-corrected chi connectivity index (χ2v) is 12.2. The topological polar surface area (TPSA) is 148 Å². The van der Waals surface area contributed by atoms with Gasteiger partial charge in [-0.2, -0.15) is 10.5 Å². The number of aliphatic hydroxyl groups is 2. The van der Waals surface area contributed by atoms with Gasteiger partial charge in [-0.05, 0) is 84.7 Å². The molecule has 50 heavy (non-hydrogen) atoms. The number of nitrogens with zero attached hydrogens (tertiary/aromatic N) is 6. The second kappa shape index (κ2) is 12.1. The van der Waals surface area contributed by atoms with Crippen LogP contribution >= 0.6 is 0 Å². The van der Waals surface area contributed by atoms with Gasteiger partial charge in [-0.15, -0.1) is 0 Å². The summed E-state index contributed by atoms with van der Waals surface area (Å²) in [5, 5.41) is 49.2. The number of rotatable bonds is 5. The summed E-state index contributed by atoms with van der Waals surface area (Å²) in [5.74, 6) is 0.929. The molecule has 0 bridgehead atoms. The normalized spacial score (nSPS) is 18.7. The lowest BCUT2D eigenvalue weighted by Crippen LogP contribution is -2.20. The first-order valence-corrected chi connectivity index (χ1v) is 16.0. The Kier molecular flexibility index (Phi) is 7.38. The van der Waals surface area contributed by atoms with Crippen molar-refractivity contribution < 1.29 is 10.2 Å². The number of nitriles is 2. The van der Waals surface area contributed by atoms with E-state index in [0.717, 1.165) is 44.6 Å². The van der Waals surface area contributed by atoms with E-state index in [1.807, 2.05) is 111 Å². The average molecular weight is 655 g/mol. The molecule has 2 aliphatic heterocycles. The third-order valence-corrected chi connectivity index (χ3v) is 9.42. The molecule has 0 radical (unpaired) electrons. The molecule has 10 heteroatoms. The van der Waals surface area contributed by atoms with Gasteiger partial charge in [0.15, 0.2) is 24.1 Å². The van der Waals surface area contributed by atoms with E-state index >= 15 is 0 Å². The lowest BCUT2D eigenvalue weighted by Gasteiger charge is -2.26. The number of para-hydroxylation sites is 4. The SMILES string of the molecule is CC1=C(C#N)c2nc3ccccc3n2[C@@H](O)/C1=C\Nc1ccc(-c2ccc(N/C=C3/C(C)=C(C#N)c4nc5ccccc5n4[C@H]3O)cc2)cc1. The Morgan fingerprint density at radius 3 is 1.36 bits per heavy atom. The smallest absolute Gasteiger partial charge is 0.160 e. The number of fused-ring (bicyclic) bond motifs is 6. The zero-order chi connectivity index (χ0) is 34.5. The summed E-state index contributed by atoms with van der Waals surface area (Å²) in [6.07, 6.45) is 1.49. The minimum atomic E-state index is -0.998. The Hall–Kier alpha value is -6.72. The molecule has 0 amide bonds. The van der Waals surface area contributed by atoms with Gasteiger partial charge in [0.1, 0.15) is 12.1 Å². The Labute approximate surface area is 287 Å². The minimum Gasteiger partial charge on any atom is -0.369 e. The maximum Gasteiger partial charge on any atom is 0.160 e. The van der Waals surface area contributed by atoms with E-state index < -0.39 is 12.5 Å². The third-order valence-electron chi connectivity index (χ3n) is 9.42. The van der Waals surface area contributed by atoms with E-state index in [1.54, 1.807) is 21.5 Å². The second-order valence-electron chi connectivity index (χ2n) is 12.2.